The molecule has 28 heavy (non-hydrogen) atoms. The highest BCUT2D eigenvalue weighted by Crippen LogP contribution is 2.41. The predicted octanol–water partition coefficient (Wildman–Crippen LogP) is 4.23. The van der Waals surface area contributed by atoms with Crippen LogP contribution in [0.2, 0.25) is 5.02 Å². The summed E-state index contributed by atoms with van der Waals surface area (Å²) < 4.78 is 5.86. The van der Waals surface area contributed by atoms with Gasteiger partial charge in [-0.2, -0.15) is 0 Å². The molecule has 1 N–H and O–H groups in total. The molecule has 2 aromatic carbocycles. The third-order valence-corrected chi connectivity index (χ3v) is 5.53. The number of benzene rings is 2. The molecule has 0 unspecified atom stereocenters. The third kappa shape index (κ3) is 4.66. The summed E-state index contributed by atoms with van der Waals surface area (Å²) in [5, 5.41) is 8.55. The summed E-state index contributed by atoms with van der Waals surface area (Å²) in [6, 6.07) is 13.4. The van der Waals surface area contributed by atoms with Gasteiger partial charge >= 0.3 is 0 Å². The Morgan fingerprint density at radius 3 is 2.64 bits per heavy atom. The number of hydrazone groups is 1. The number of hydrogen-bond acceptors (Lipinski definition) is 5. The van der Waals surface area contributed by atoms with Gasteiger partial charge in [-0.1, -0.05) is 53.7 Å². The largest absolute Gasteiger partial charge is 0.487 e. The zero-order valence-corrected chi connectivity index (χ0v) is 17.3. The molecule has 0 bridgehead atoms. The maximum Gasteiger partial charge on any atom is 0.241 e. The number of halogens is 1. The van der Waals surface area contributed by atoms with E-state index < -0.39 is 5.37 Å². The van der Waals surface area contributed by atoms with Crippen molar-refractivity contribution in [2.24, 2.45) is 5.10 Å². The van der Waals surface area contributed by atoms with Gasteiger partial charge in [0.05, 0.1) is 5.02 Å². The Hall–Kier alpha value is -2.51. The van der Waals surface area contributed by atoms with Crippen molar-refractivity contribution in [2.75, 3.05) is 0 Å². The van der Waals surface area contributed by atoms with E-state index in [0.717, 1.165) is 16.7 Å². The molecule has 0 aliphatic carbocycles. The Kier molecular flexibility index (Phi) is 6.26. The van der Waals surface area contributed by atoms with E-state index in [2.05, 4.69) is 10.4 Å². The lowest BCUT2D eigenvalue weighted by atomic mass is 10.1. The topological polar surface area (TPSA) is 71.0 Å². The maximum atomic E-state index is 11.9. The highest BCUT2D eigenvalue weighted by Gasteiger charge is 2.32. The third-order valence-electron chi connectivity index (χ3n) is 4.14. The summed E-state index contributed by atoms with van der Waals surface area (Å²) in [6.45, 7) is 5.27. The van der Waals surface area contributed by atoms with Crippen molar-refractivity contribution in [1.29, 1.82) is 0 Å². The summed E-state index contributed by atoms with van der Waals surface area (Å²) in [6.07, 6.45) is 0. The van der Waals surface area contributed by atoms with Crippen molar-refractivity contribution in [3.63, 3.8) is 0 Å². The van der Waals surface area contributed by atoms with E-state index in [4.69, 9.17) is 16.3 Å². The predicted molar refractivity (Wildman–Crippen MR) is 111 cm³/mol. The number of hydrogen-bond donors (Lipinski definition) is 1. The smallest absolute Gasteiger partial charge is 0.241 e. The van der Waals surface area contributed by atoms with Crippen molar-refractivity contribution in [3.05, 3.63) is 64.2 Å². The van der Waals surface area contributed by atoms with Crippen molar-refractivity contribution >= 4 is 40.3 Å². The molecule has 3 rings (SSSR count). The van der Waals surface area contributed by atoms with E-state index in [9.17, 15) is 9.59 Å². The van der Waals surface area contributed by atoms with Crippen LogP contribution in [-0.2, 0) is 16.2 Å². The molecule has 2 aromatic rings. The molecule has 0 saturated heterocycles. The quantitative estimate of drug-likeness (QED) is 0.808. The van der Waals surface area contributed by atoms with Gasteiger partial charge < -0.3 is 10.1 Å². The molecule has 0 spiro atoms. The first-order valence-electron chi connectivity index (χ1n) is 8.64. The lowest BCUT2D eigenvalue weighted by Gasteiger charge is -2.20. The molecule has 0 aromatic heterocycles. The number of nitrogens with zero attached hydrogens (tertiary/aromatic N) is 2. The summed E-state index contributed by atoms with van der Waals surface area (Å²) in [4.78, 5) is 23.2. The van der Waals surface area contributed by atoms with E-state index in [1.807, 2.05) is 37.3 Å². The Morgan fingerprint density at radius 2 is 2.00 bits per heavy atom. The Morgan fingerprint density at radius 1 is 1.25 bits per heavy atom. The second-order valence-corrected chi connectivity index (χ2v) is 7.80. The number of ether oxygens (including phenoxy) is 1. The molecule has 146 valence electrons. The van der Waals surface area contributed by atoms with E-state index in [0.29, 0.717) is 22.5 Å². The number of amidine groups is 1. The van der Waals surface area contributed by atoms with Crippen LogP contribution in [0, 0.1) is 6.92 Å². The van der Waals surface area contributed by atoms with Gasteiger partial charge in [-0.25, -0.2) is 5.01 Å². The average molecular weight is 418 g/mol. The lowest BCUT2D eigenvalue weighted by molar-refractivity contribution is -0.129. The van der Waals surface area contributed by atoms with Gasteiger partial charge in [0.25, 0.3) is 0 Å². The molecule has 1 aliphatic rings. The van der Waals surface area contributed by atoms with E-state index >= 15 is 0 Å². The van der Waals surface area contributed by atoms with Gasteiger partial charge in [-0.3, -0.25) is 9.59 Å². The van der Waals surface area contributed by atoms with Crippen LogP contribution in [0.4, 0.5) is 0 Å². The first-order valence-corrected chi connectivity index (χ1v) is 9.90. The van der Waals surface area contributed by atoms with Crippen LogP contribution in [0.25, 0.3) is 0 Å². The van der Waals surface area contributed by atoms with E-state index in [1.165, 1.54) is 30.6 Å². The summed E-state index contributed by atoms with van der Waals surface area (Å²) >= 11 is 7.70. The zero-order chi connectivity index (χ0) is 20.3. The molecule has 0 saturated carbocycles. The van der Waals surface area contributed by atoms with Crippen LogP contribution >= 0.6 is 23.4 Å². The Bertz CT molecular complexity index is 948. The van der Waals surface area contributed by atoms with Gasteiger partial charge in [0, 0.05) is 13.8 Å². The number of rotatable bonds is 4. The van der Waals surface area contributed by atoms with Gasteiger partial charge in [0.2, 0.25) is 11.8 Å². The van der Waals surface area contributed by atoms with Crippen molar-refractivity contribution in [3.8, 4) is 5.75 Å². The molecular weight excluding hydrogens is 398 g/mol. The normalized spacial score (nSPS) is 15.9. The van der Waals surface area contributed by atoms with Crippen molar-refractivity contribution in [2.45, 2.75) is 32.8 Å². The van der Waals surface area contributed by atoms with E-state index in [-0.39, 0.29) is 11.8 Å². The van der Waals surface area contributed by atoms with Crippen LogP contribution in [0.5, 0.6) is 5.75 Å². The van der Waals surface area contributed by atoms with Crippen molar-refractivity contribution < 1.29 is 14.3 Å². The molecule has 6 nitrogen and oxygen atoms in total. The summed E-state index contributed by atoms with van der Waals surface area (Å²) in [5.74, 6) is 0.0938. The zero-order valence-electron chi connectivity index (χ0n) is 15.7. The van der Waals surface area contributed by atoms with Crippen molar-refractivity contribution in [1.82, 2.24) is 10.3 Å². The minimum atomic E-state index is -0.401. The van der Waals surface area contributed by atoms with E-state index in [1.54, 1.807) is 12.1 Å². The molecule has 1 heterocycles. The van der Waals surface area contributed by atoms with Crippen LogP contribution in [0.15, 0.2) is 47.6 Å². The van der Waals surface area contributed by atoms with Crippen LogP contribution in [0.1, 0.15) is 35.9 Å². The second-order valence-electron chi connectivity index (χ2n) is 6.33. The van der Waals surface area contributed by atoms with Gasteiger partial charge in [0.1, 0.15) is 17.7 Å². The number of nitrogens with one attached hydrogen (secondary N) is 1. The van der Waals surface area contributed by atoms with Gasteiger partial charge in [0.15, 0.2) is 5.17 Å². The highest BCUT2D eigenvalue weighted by molar-refractivity contribution is 8.14. The number of carbonyl (C=O) groups excluding carboxylic acids is 2. The van der Waals surface area contributed by atoms with Crippen LogP contribution < -0.4 is 10.1 Å². The first kappa shape index (κ1) is 20.2. The molecule has 1 aliphatic heterocycles. The molecule has 0 fully saturated rings. The number of thioether (sulfide) groups is 1. The minimum absolute atomic E-state index is 0.228. The highest BCUT2D eigenvalue weighted by atomic mass is 35.5. The van der Waals surface area contributed by atoms with Crippen LogP contribution in [-0.4, -0.2) is 22.0 Å². The van der Waals surface area contributed by atoms with Gasteiger partial charge in [-0.15, -0.1) is 5.10 Å². The van der Waals surface area contributed by atoms with Crippen LogP contribution in [0.3, 0.4) is 0 Å². The number of carbonyl (C=O) groups is 2. The SMILES string of the molecule is CC(=O)NC1=NN(C(C)=O)[C@H](c2ccc(OCc3ccccc3C)c(Cl)c2)S1. The summed E-state index contributed by atoms with van der Waals surface area (Å²) in [5.41, 5.74) is 3.03. The molecule has 0 radical (unpaired) electrons. The number of aryl methyl sites for hydroxylation is 1. The monoisotopic (exact) mass is 417 g/mol. The maximum absolute atomic E-state index is 11.9. The standard InChI is InChI=1S/C20H20ClN3O3S/c1-12-6-4-5-7-16(12)11-27-18-9-8-15(10-17(18)21)19-24(14(3)26)23-20(28-19)22-13(2)25/h4-10,19H,11H2,1-3H3,(H,22,23,25)/t19-/m0/s1. The Balaban J connectivity index is 1.75. The average Bonchev–Trinajstić information content (AvgIpc) is 3.05. The minimum Gasteiger partial charge on any atom is -0.487 e. The summed E-state index contributed by atoms with van der Waals surface area (Å²) in [7, 11) is 0. The Labute approximate surface area is 172 Å². The molecular formula is C20H20ClN3O3S. The molecule has 2 amide bonds. The first-order chi connectivity index (χ1) is 13.3. The fraction of sp³-hybridized carbons (Fsp3) is 0.250. The van der Waals surface area contributed by atoms with Gasteiger partial charge in [-0.05, 0) is 35.7 Å². The molecule has 1 atom stereocenters. The number of amides is 2. The molecule has 8 heteroatoms. The second kappa shape index (κ2) is 8.67. The lowest BCUT2D eigenvalue weighted by Crippen LogP contribution is -2.25. The fourth-order valence-electron chi connectivity index (χ4n) is 2.69. The fourth-order valence-corrected chi connectivity index (χ4v) is 4.07.